The van der Waals surface area contributed by atoms with Crippen LogP contribution >= 0.6 is 0 Å². The summed E-state index contributed by atoms with van der Waals surface area (Å²) in [5.41, 5.74) is 3.99. The van der Waals surface area contributed by atoms with Crippen LogP contribution in [-0.4, -0.2) is 70.0 Å². The first kappa shape index (κ1) is 31.2. The molecular formula is C33H58N6O2S. The predicted molar refractivity (Wildman–Crippen MR) is 168 cm³/mol. The van der Waals surface area contributed by atoms with Gasteiger partial charge in [-0.15, -0.1) is 0 Å². The van der Waals surface area contributed by atoms with Crippen molar-refractivity contribution >= 4 is 10.0 Å². The van der Waals surface area contributed by atoms with E-state index in [0.29, 0.717) is 53.6 Å². The smallest absolute Gasteiger partial charge is 0.208 e. The van der Waals surface area contributed by atoms with Crippen LogP contribution in [0.2, 0.25) is 0 Å². The van der Waals surface area contributed by atoms with E-state index < -0.39 is 10.0 Å². The first-order valence-electron chi connectivity index (χ1n) is 17.5. The zero-order valence-electron chi connectivity index (χ0n) is 26.5. The number of nitrogens with zero attached hydrogens (tertiary/aromatic N) is 2. The summed E-state index contributed by atoms with van der Waals surface area (Å²) in [5.74, 6) is 4.57. The Morgan fingerprint density at radius 2 is 1.64 bits per heavy atom. The van der Waals surface area contributed by atoms with E-state index in [1.165, 1.54) is 89.9 Å². The molecule has 42 heavy (non-hydrogen) atoms. The average molecular weight is 603 g/mol. The first-order valence-corrected chi connectivity index (χ1v) is 19.4. The summed E-state index contributed by atoms with van der Waals surface area (Å²) in [5, 5.41) is 20.1. The maximum absolute atomic E-state index is 12.0. The minimum atomic E-state index is -3.19. The second-order valence-electron chi connectivity index (χ2n) is 15.9. The minimum absolute atomic E-state index is 0.00780. The van der Waals surface area contributed by atoms with Gasteiger partial charge in [0, 0.05) is 43.8 Å². The average Bonchev–Trinajstić information content (AvgIpc) is 3.35. The molecule has 8 nitrogen and oxygen atoms in total. The molecule has 3 aliphatic carbocycles. The van der Waals surface area contributed by atoms with E-state index in [4.69, 9.17) is 0 Å². The van der Waals surface area contributed by atoms with Gasteiger partial charge in [-0.2, -0.15) is 5.26 Å². The third-order valence-electron chi connectivity index (χ3n) is 12.8. The van der Waals surface area contributed by atoms with Gasteiger partial charge in [-0.05, 0) is 126 Å². The molecule has 3 aliphatic heterocycles. The second kappa shape index (κ2) is 12.9. The Morgan fingerprint density at radius 3 is 2.36 bits per heavy atom. The van der Waals surface area contributed by atoms with Crippen molar-refractivity contribution in [3.05, 3.63) is 0 Å². The van der Waals surface area contributed by atoms with Gasteiger partial charge in [-0.1, -0.05) is 19.3 Å². The number of rotatable bonds is 7. The van der Waals surface area contributed by atoms with Crippen molar-refractivity contribution in [3.8, 4) is 6.07 Å². The monoisotopic (exact) mass is 602 g/mol. The number of nitriles is 1. The van der Waals surface area contributed by atoms with Gasteiger partial charge in [-0.25, -0.2) is 18.1 Å². The minimum Gasteiger partial charge on any atom is -0.315 e. The molecule has 6 fully saturated rings. The maximum atomic E-state index is 12.0. The SMILES string of the molecule is CC(C)(C#N)C1CCC(C2NN(CC3CCCCC3)C3CNC4CCC(C5CNCC(NS(C)(=O)=O)C5)CC4C23)CC1. The van der Waals surface area contributed by atoms with E-state index in [-0.39, 0.29) is 11.5 Å². The molecule has 0 aromatic heterocycles. The van der Waals surface area contributed by atoms with Crippen LogP contribution < -0.4 is 20.8 Å². The lowest BCUT2D eigenvalue weighted by Gasteiger charge is -2.50. The zero-order chi connectivity index (χ0) is 29.5. The number of hydrogen-bond acceptors (Lipinski definition) is 7. The zero-order valence-corrected chi connectivity index (χ0v) is 27.3. The third-order valence-corrected chi connectivity index (χ3v) is 13.6. The summed E-state index contributed by atoms with van der Waals surface area (Å²) in [7, 11) is -3.19. The summed E-state index contributed by atoms with van der Waals surface area (Å²) in [6.45, 7) is 8.34. The van der Waals surface area contributed by atoms with Crippen LogP contribution in [0.4, 0.5) is 0 Å². The Balaban J connectivity index is 1.18. The molecule has 0 aromatic rings. The fourth-order valence-electron chi connectivity index (χ4n) is 10.5. The lowest BCUT2D eigenvalue weighted by atomic mass is 9.60. The Labute approximate surface area is 255 Å². The highest BCUT2D eigenvalue weighted by atomic mass is 32.2. The van der Waals surface area contributed by atoms with Crippen molar-refractivity contribution in [3.63, 3.8) is 0 Å². The van der Waals surface area contributed by atoms with E-state index in [9.17, 15) is 13.7 Å². The van der Waals surface area contributed by atoms with Gasteiger partial charge in [-0.3, -0.25) is 5.43 Å². The van der Waals surface area contributed by atoms with E-state index >= 15 is 0 Å². The van der Waals surface area contributed by atoms with Crippen molar-refractivity contribution in [2.24, 2.45) is 46.8 Å². The fraction of sp³-hybridized carbons (Fsp3) is 0.970. The van der Waals surface area contributed by atoms with Gasteiger partial charge < -0.3 is 10.6 Å². The summed E-state index contributed by atoms with van der Waals surface area (Å²) in [4.78, 5) is 0. The summed E-state index contributed by atoms with van der Waals surface area (Å²) < 4.78 is 26.8. The molecule has 4 N–H and O–H groups in total. The molecule has 6 aliphatic rings. The van der Waals surface area contributed by atoms with Gasteiger partial charge in [0.2, 0.25) is 10.0 Å². The summed E-state index contributed by atoms with van der Waals surface area (Å²) >= 11 is 0. The van der Waals surface area contributed by atoms with E-state index in [2.05, 4.69) is 45.7 Å². The van der Waals surface area contributed by atoms with Gasteiger partial charge in [0.15, 0.2) is 0 Å². The third kappa shape index (κ3) is 6.89. The molecule has 0 spiro atoms. The van der Waals surface area contributed by atoms with Crippen LogP contribution in [0, 0.1) is 58.2 Å². The number of nitrogens with one attached hydrogen (secondary N) is 4. The molecule has 8 unspecified atom stereocenters. The maximum Gasteiger partial charge on any atom is 0.208 e. The van der Waals surface area contributed by atoms with Gasteiger partial charge in [0.25, 0.3) is 0 Å². The Kier molecular flexibility index (Phi) is 9.61. The van der Waals surface area contributed by atoms with E-state index in [1.807, 2.05) is 0 Å². The first-order chi connectivity index (χ1) is 20.1. The fourth-order valence-corrected chi connectivity index (χ4v) is 11.3. The van der Waals surface area contributed by atoms with E-state index in [1.54, 1.807) is 0 Å². The number of piperidine rings is 2. The van der Waals surface area contributed by atoms with Gasteiger partial charge in [0.1, 0.15) is 0 Å². The Hall–Kier alpha value is -0.760. The van der Waals surface area contributed by atoms with Crippen LogP contribution in [0.5, 0.6) is 0 Å². The Bertz CT molecular complexity index is 1060. The molecule has 8 atom stereocenters. The van der Waals surface area contributed by atoms with Crippen molar-refractivity contribution in [1.82, 2.24) is 25.8 Å². The quantitative estimate of drug-likeness (QED) is 0.349. The number of hydrazine groups is 1. The molecule has 3 saturated carbocycles. The molecule has 3 heterocycles. The molecule has 0 amide bonds. The predicted octanol–water partition coefficient (Wildman–Crippen LogP) is 4.01. The lowest BCUT2D eigenvalue weighted by molar-refractivity contribution is 0.0303. The highest BCUT2D eigenvalue weighted by molar-refractivity contribution is 7.88. The Morgan fingerprint density at radius 1 is 0.905 bits per heavy atom. The van der Waals surface area contributed by atoms with Crippen LogP contribution in [-0.2, 0) is 10.0 Å². The van der Waals surface area contributed by atoms with Crippen LogP contribution in [0.3, 0.4) is 0 Å². The molecule has 3 saturated heterocycles. The largest absolute Gasteiger partial charge is 0.315 e. The van der Waals surface area contributed by atoms with Crippen LogP contribution in [0.1, 0.15) is 97.3 Å². The van der Waals surface area contributed by atoms with E-state index in [0.717, 1.165) is 32.0 Å². The number of fused-ring (bicyclic) bond motifs is 3. The van der Waals surface area contributed by atoms with Crippen LogP contribution in [0.15, 0.2) is 0 Å². The number of hydrogen-bond donors (Lipinski definition) is 4. The number of sulfonamides is 1. The standard InChI is InChI=1S/C33H58N6O2S/c1-33(2,21-34)26-12-9-23(10-13-26)32-31-28-16-24(25-15-27(18-35-17-25)38-42(3,40)41)11-14-29(28)36-19-30(31)39(37-32)20-22-7-5-4-6-8-22/h22-32,35-38H,4-20H2,1-3H3. The highest BCUT2D eigenvalue weighted by Gasteiger charge is 2.54. The summed E-state index contributed by atoms with van der Waals surface area (Å²) in [6.07, 6.45) is 17.8. The normalized spacial score (nSPS) is 42.4. The second-order valence-corrected chi connectivity index (χ2v) is 17.7. The molecule has 6 rings (SSSR count). The van der Waals surface area contributed by atoms with Gasteiger partial charge in [0.05, 0.1) is 17.7 Å². The van der Waals surface area contributed by atoms with Crippen molar-refractivity contribution < 1.29 is 8.42 Å². The van der Waals surface area contributed by atoms with Crippen LogP contribution in [0.25, 0.3) is 0 Å². The molecule has 0 radical (unpaired) electrons. The molecule has 9 heteroatoms. The molecule has 238 valence electrons. The molecule has 0 bridgehead atoms. The molecule has 0 aromatic carbocycles. The van der Waals surface area contributed by atoms with Crippen molar-refractivity contribution in [2.75, 3.05) is 32.4 Å². The van der Waals surface area contributed by atoms with Gasteiger partial charge >= 0.3 is 0 Å². The topological polar surface area (TPSA) is 109 Å². The van der Waals surface area contributed by atoms with Crippen molar-refractivity contribution in [2.45, 2.75) is 121 Å². The summed E-state index contributed by atoms with van der Waals surface area (Å²) in [6, 6.07) is 4.33. The van der Waals surface area contributed by atoms with Crippen molar-refractivity contribution in [1.29, 1.82) is 5.26 Å². The highest BCUT2D eigenvalue weighted by Crippen LogP contribution is 2.50. The lowest BCUT2D eigenvalue weighted by Crippen LogP contribution is -2.60. The molecular weight excluding hydrogens is 544 g/mol.